The largest absolute Gasteiger partial charge is 0.382 e. The van der Waals surface area contributed by atoms with Gasteiger partial charge in [-0.3, -0.25) is 19.8 Å². The fraction of sp³-hybridized carbons (Fsp3) is 0.174. The van der Waals surface area contributed by atoms with Crippen LogP contribution in [0.2, 0.25) is 0 Å². The van der Waals surface area contributed by atoms with Crippen LogP contribution < -0.4 is 5.73 Å². The Hall–Kier alpha value is -3.92. The maximum Gasteiger partial charge on any atom is 0.185 e. The minimum atomic E-state index is -0.907. The number of carbonyl (C=O) groups is 1. The van der Waals surface area contributed by atoms with Crippen molar-refractivity contribution in [1.82, 2.24) is 9.97 Å². The van der Waals surface area contributed by atoms with Crippen LogP contribution in [-0.2, 0) is 18.4 Å². The van der Waals surface area contributed by atoms with Crippen LogP contribution in [0, 0.1) is 17.1 Å². The average molecular weight is 399 g/mol. The zero-order valence-corrected chi connectivity index (χ0v) is 16.3. The number of aliphatic imine (C=N–C) groups is 1. The second-order valence-corrected chi connectivity index (χ2v) is 7.42. The highest BCUT2D eigenvalue weighted by Gasteiger charge is 2.35. The molecule has 0 radical (unpaired) electrons. The highest BCUT2D eigenvalue weighted by molar-refractivity contribution is 5.98. The summed E-state index contributed by atoms with van der Waals surface area (Å²) in [4.78, 5) is 25.4. The number of benzene rings is 1. The van der Waals surface area contributed by atoms with Crippen LogP contribution >= 0.6 is 0 Å². The van der Waals surface area contributed by atoms with Crippen LogP contribution in [0.5, 0.6) is 0 Å². The molecule has 1 unspecified atom stereocenters. The van der Waals surface area contributed by atoms with Gasteiger partial charge in [-0.15, -0.1) is 0 Å². The summed E-state index contributed by atoms with van der Waals surface area (Å²) in [6.07, 6.45) is 3.51. The van der Waals surface area contributed by atoms with Crippen molar-refractivity contribution in [1.29, 1.82) is 5.26 Å². The second-order valence-electron chi connectivity index (χ2n) is 7.42. The zero-order valence-electron chi connectivity index (χ0n) is 16.3. The number of nitrogens with two attached hydrogens (primary N) is 1. The van der Waals surface area contributed by atoms with Gasteiger partial charge in [-0.2, -0.15) is 5.26 Å². The van der Waals surface area contributed by atoms with Gasteiger partial charge in [-0.1, -0.05) is 12.1 Å². The van der Waals surface area contributed by atoms with Gasteiger partial charge in [0, 0.05) is 30.8 Å². The molecule has 3 aromatic rings. The number of halogens is 1. The van der Waals surface area contributed by atoms with Gasteiger partial charge in [-0.25, -0.2) is 4.39 Å². The van der Waals surface area contributed by atoms with E-state index in [1.165, 1.54) is 18.3 Å². The van der Waals surface area contributed by atoms with E-state index in [1.54, 1.807) is 24.4 Å². The Bertz CT molecular complexity index is 1210. The van der Waals surface area contributed by atoms with Crippen LogP contribution in [-0.4, -0.2) is 21.6 Å². The number of aromatic nitrogens is 2. The maximum absolute atomic E-state index is 14.8. The number of pyridine rings is 2. The number of fused-ring (bicyclic) bond motifs is 1. The molecule has 2 N–H and O–H groups in total. The van der Waals surface area contributed by atoms with Crippen molar-refractivity contribution in [3.63, 3.8) is 0 Å². The van der Waals surface area contributed by atoms with Crippen LogP contribution in [0.4, 0.5) is 4.39 Å². The van der Waals surface area contributed by atoms with E-state index in [0.717, 1.165) is 5.56 Å². The number of carbonyl (C=O) groups excluding carboxylic acids is 1. The van der Waals surface area contributed by atoms with E-state index in [2.05, 4.69) is 15.0 Å². The fourth-order valence-corrected chi connectivity index (χ4v) is 3.69. The molecule has 0 saturated heterocycles. The number of ketones is 1. The van der Waals surface area contributed by atoms with E-state index in [1.807, 2.05) is 25.1 Å². The molecular formula is C23H18FN5O. The molecule has 1 aromatic carbocycles. The van der Waals surface area contributed by atoms with E-state index in [-0.39, 0.29) is 23.7 Å². The molecule has 148 valence electrons. The Morgan fingerprint density at radius 2 is 2.10 bits per heavy atom. The van der Waals surface area contributed by atoms with Crippen molar-refractivity contribution in [3.05, 3.63) is 94.3 Å². The van der Waals surface area contributed by atoms with Gasteiger partial charge in [0.05, 0.1) is 11.1 Å². The molecule has 0 aliphatic carbocycles. The molecule has 2 aromatic heterocycles. The summed E-state index contributed by atoms with van der Waals surface area (Å²) in [6.45, 7) is 1.82. The van der Waals surface area contributed by atoms with Crippen molar-refractivity contribution in [3.8, 4) is 6.07 Å². The molecule has 0 fully saturated rings. The first-order chi connectivity index (χ1) is 14.4. The van der Waals surface area contributed by atoms with Crippen molar-refractivity contribution in [2.75, 3.05) is 0 Å². The predicted octanol–water partition coefficient (Wildman–Crippen LogP) is 3.09. The molecule has 7 heteroatoms. The Kier molecular flexibility index (Phi) is 4.84. The standard InChI is InChI=1S/C23H18FN5O/c1-23(11-16-3-2-8-27-21(16)22(26)29-23)17-9-14(4-6-18(17)24)10-20(30)19-7-5-15(12-25)13-28-19/h2-9,13H,10-11H2,1H3,(H2,26,29). The third-order valence-electron chi connectivity index (χ3n) is 5.19. The second kappa shape index (κ2) is 7.48. The molecule has 3 heterocycles. The quantitative estimate of drug-likeness (QED) is 0.679. The first-order valence-corrected chi connectivity index (χ1v) is 9.37. The SMILES string of the molecule is CC1(c2cc(CC(=O)c3ccc(C#N)cn3)ccc2F)Cc2cccnc2C(N)=N1. The molecule has 0 saturated carbocycles. The van der Waals surface area contributed by atoms with Crippen LogP contribution in [0.25, 0.3) is 0 Å². The van der Waals surface area contributed by atoms with E-state index < -0.39 is 11.4 Å². The molecule has 1 aliphatic rings. The smallest absolute Gasteiger partial charge is 0.185 e. The van der Waals surface area contributed by atoms with Gasteiger partial charge in [0.25, 0.3) is 0 Å². The summed E-state index contributed by atoms with van der Waals surface area (Å²) in [5.74, 6) is -0.362. The predicted molar refractivity (Wildman–Crippen MR) is 109 cm³/mol. The number of nitriles is 1. The highest BCUT2D eigenvalue weighted by atomic mass is 19.1. The first kappa shape index (κ1) is 19.4. The van der Waals surface area contributed by atoms with Gasteiger partial charge < -0.3 is 5.73 Å². The summed E-state index contributed by atoms with van der Waals surface area (Å²) in [5.41, 5.74) is 8.38. The van der Waals surface area contributed by atoms with Gasteiger partial charge >= 0.3 is 0 Å². The van der Waals surface area contributed by atoms with Crippen LogP contribution in [0.15, 0.2) is 59.9 Å². The Balaban J connectivity index is 1.65. The molecule has 6 nitrogen and oxygen atoms in total. The summed E-state index contributed by atoms with van der Waals surface area (Å²) < 4.78 is 14.8. The van der Waals surface area contributed by atoms with Gasteiger partial charge in [0.2, 0.25) is 0 Å². The summed E-state index contributed by atoms with van der Waals surface area (Å²) in [6, 6.07) is 13.3. The zero-order chi connectivity index (χ0) is 21.3. The molecular weight excluding hydrogens is 381 g/mol. The van der Waals surface area contributed by atoms with Crippen LogP contribution in [0.3, 0.4) is 0 Å². The Morgan fingerprint density at radius 1 is 1.27 bits per heavy atom. The van der Waals surface area contributed by atoms with Gasteiger partial charge in [-0.05, 0) is 48.4 Å². The molecule has 4 rings (SSSR count). The maximum atomic E-state index is 14.8. The summed E-state index contributed by atoms with van der Waals surface area (Å²) >= 11 is 0. The van der Waals surface area contributed by atoms with E-state index in [9.17, 15) is 9.18 Å². The molecule has 0 amide bonds. The third kappa shape index (κ3) is 3.55. The Morgan fingerprint density at radius 3 is 2.83 bits per heavy atom. The number of hydrogen-bond acceptors (Lipinski definition) is 6. The molecule has 30 heavy (non-hydrogen) atoms. The minimum absolute atomic E-state index is 0.0552. The van der Waals surface area contributed by atoms with E-state index in [0.29, 0.717) is 28.8 Å². The van der Waals surface area contributed by atoms with Crippen molar-refractivity contribution in [2.24, 2.45) is 10.7 Å². The first-order valence-electron chi connectivity index (χ1n) is 9.37. The number of amidine groups is 1. The lowest BCUT2D eigenvalue weighted by Gasteiger charge is -2.31. The molecule has 0 spiro atoms. The van der Waals surface area contributed by atoms with Crippen molar-refractivity contribution in [2.45, 2.75) is 25.3 Å². The number of Topliss-reactive ketones (excluding diaryl/α,β-unsaturated/α-hetero) is 1. The topological polar surface area (TPSA) is 105 Å². The van der Waals surface area contributed by atoms with E-state index >= 15 is 0 Å². The van der Waals surface area contributed by atoms with Crippen molar-refractivity contribution < 1.29 is 9.18 Å². The van der Waals surface area contributed by atoms with Crippen LogP contribution in [0.1, 0.15) is 45.4 Å². The number of hydrogen-bond donors (Lipinski definition) is 1. The van der Waals surface area contributed by atoms with Crippen molar-refractivity contribution >= 4 is 11.6 Å². The summed E-state index contributed by atoms with van der Waals surface area (Å²) in [5, 5.41) is 8.85. The lowest BCUT2D eigenvalue weighted by molar-refractivity contribution is 0.0988. The van der Waals surface area contributed by atoms with Gasteiger partial charge in [0.1, 0.15) is 29.1 Å². The normalized spacial score (nSPS) is 17.6. The molecule has 0 bridgehead atoms. The highest BCUT2D eigenvalue weighted by Crippen LogP contribution is 2.36. The third-order valence-corrected chi connectivity index (χ3v) is 5.19. The summed E-state index contributed by atoms with van der Waals surface area (Å²) in [7, 11) is 0. The monoisotopic (exact) mass is 399 g/mol. The molecule has 1 aliphatic heterocycles. The lowest BCUT2D eigenvalue weighted by atomic mass is 9.82. The van der Waals surface area contributed by atoms with Gasteiger partial charge in [0.15, 0.2) is 5.78 Å². The fourth-order valence-electron chi connectivity index (χ4n) is 3.69. The average Bonchev–Trinajstić information content (AvgIpc) is 2.75. The lowest BCUT2D eigenvalue weighted by Crippen LogP contribution is -2.34. The molecule has 1 atom stereocenters. The minimum Gasteiger partial charge on any atom is -0.382 e. The van der Waals surface area contributed by atoms with E-state index in [4.69, 9.17) is 11.0 Å². The number of nitrogens with zero attached hydrogens (tertiary/aromatic N) is 4. The number of rotatable bonds is 4. The Labute approximate surface area is 172 Å².